The average Bonchev–Trinajstić information content (AvgIpc) is 2.38. The maximum Gasteiger partial charge on any atom is 0.119 e. The van der Waals surface area contributed by atoms with E-state index in [1.165, 1.54) is 11.1 Å². The number of hydrogen-bond acceptors (Lipinski definition) is 1. The minimum atomic E-state index is 0.380. The molecule has 0 bridgehead atoms. The molecular formula is C15H15BrO. The van der Waals surface area contributed by atoms with Gasteiger partial charge in [-0.15, -0.1) is 0 Å². The van der Waals surface area contributed by atoms with Crippen molar-refractivity contribution in [3.05, 3.63) is 65.7 Å². The van der Waals surface area contributed by atoms with E-state index in [9.17, 15) is 0 Å². The summed E-state index contributed by atoms with van der Waals surface area (Å²) in [5.74, 6) is 0.908. The highest BCUT2D eigenvalue weighted by molar-refractivity contribution is 9.09. The number of benzene rings is 2. The first-order valence-corrected chi connectivity index (χ1v) is 6.58. The van der Waals surface area contributed by atoms with Gasteiger partial charge in [-0.2, -0.15) is 0 Å². The Morgan fingerprint density at radius 3 is 2.24 bits per heavy atom. The summed E-state index contributed by atoms with van der Waals surface area (Å²) in [5.41, 5.74) is 2.45. The van der Waals surface area contributed by atoms with Crippen LogP contribution in [0, 0.1) is 0 Å². The van der Waals surface area contributed by atoms with E-state index in [1.54, 1.807) is 0 Å². The van der Waals surface area contributed by atoms with Gasteiger partial charge in [0, 0.05) is 4.83 Å². The highest BCUT2D eigenvalue weighted by Crippen LogP contribution is 2.23. The maximum absolute atomic E-state index is 5.71. The molecule has 2 heteroatoms. The van der Waals surface area contributed by atoms with Crippen molar-refractivity contribution in [3.8, 4) is 5.75 Å². The van der Waals surface area contributed by atoms with Crippen LogP contribution in [0.1, 0.15) is 22.9 Å². The van der Waals surface area contributed by atoms with Gasteiger partial charge >= 0.3 is 0 Å². The Bertz CT molecular complexity index is 448. The van der Waals surface area contributed by atoms with Gasteiger partial charge in [-0.25, -0.2) is 0 Å². The van der Waals surface area contributed by atoms with Crippen LogP contribution in [-0.2, 0) is 6.61 Å². The largest absolute Gasteiger partial charge is 0.489 e. The van der Waals surface area contributed by atoms with Gasteiger partial charge in [0.05, 0.1) is 0 Å². The maximum atomic E-state index is 5.71. The number of halogens is 1. The van der Waals surface area contributed by atoms with Gasteiger partial charge in [0.1, 0.15) is 12.4 Å². The summed E-state index contributed by atoms with van der Waals surface area (Å²) in [6.07, 6.45) is 0. The number of hydrogen-bond donors (Lipinski definition) is 0. The van der Waals surface area contributed by atoms with Crippen molar-refractivity contribution >= 4 is 15.9 Å². The lowest BCUT2D eigenvalue weighted by atomic mass is 10.2. The summed E-state index contributed by atoms with van der Waals surface area (Å²) < 4.78 is 5.71. The van der Waals surface area contributed by atoms with Gasteiger partial charge in [0.15, 0.2) is 0 Å². The van der Waals surface area contributed by atoms with Crippen LogP contribution in [-0.4, -0.2) is 0 Å². The van der Waals surface area contributed by atoms with Crippen LogP contribution in [0.25, 0.3) is 0 Å². The zero-order chi connectivity index (χ0) is 12.1. The molecule has 0 N–H and O–H groups in total. The molecular weight excluding hydrogens is 276 g/mol. The number of alkyl halides is 1. The molecule has 0 radical (unpaired) electrons. The molecule has 0 amide bonds. The van der Waals surface area contributed by atoms with E-state index in [1.807, 2.05) is 30.3 Å². The van der Waals surface area contributed by atoms with Crippen LogP contribution in [0.5, 0.6) is 5.75 Å². The molecule has 2 aromatic carbocycles. The van der Waals surface area contributed by atoms with Crippen molar-refractivity contribution in [1.29, 1.82) is 0 Å². The standard InChI is InChI=1S/C15H15BrO/c1-12(16)14-7-9-15(10-8-14)17-11-13-5-3-2-4-6-13/h2-10,12H,11H2,1H3. The monoisotopic (exact) mass is 290 g/mol. The summed E-state index contributed by atoms with van der Waals surface area (Å²) in [5, 5.41) is 0. The highest BCUT2D eigenvalue weighted by atomic mass is 79.9. The van der Waals surface area contributed by atoms with Crippen molar-refractivity contribution in [2.45, 2.75) is 18.4 Å². The van der Waals surface area contributed by atoms with E-state index in [0.717, 1.165) is 5.75 Å². The highest BCUT2D eigenvalue weighted by Gasteiger charge is 2.00. The van der Waals surface area contributed by atoms with Crippen molar-refractivity contribution in [1.82, 2.24) is 0 Å². The van der Waals surface area contributed by atoms with Gasteiger partial charge in [-0.1, -0.05) is 58.4 Å². The smallest absolute Gasteiger partial charge is 0.119 e. The third kappa shape index (κ3) is 3.60. The molecule has 88 valence electrons. The normalized spacial score (nSPS) is 12.1. The van der Waals surface area contributed by atoms with Crippen LogP contribution in [0.2, 0.25) is 0 Å². The molecule has 2 aromatic rings. The minimum absolute atomic E-state index is 0.380. The molecule has 0 aliphatic carbocycles. The van der Waals surface area contributed by atoms with Crippen molar-refractivity contribution in [3.63, 3.8) is 0 Å². The third-order valence-electron chi connectivity index (χ3n) is 2.59. The minimum Gasteiger partial charge on any atom is -0.489 e. The topological polar surface area (TPSA) is 9.23 Å². The van der Waals surface area contributed by atoms with Crippen LogP contribution in [0.15, 0.2) is 54.6 Å². The predicted octanol–water partition coefficient (Wildman–Crippen LogP) is 4.72. The first-order chi connectivity index (χ1) is 8.25. The summed E-state index contributed by atoms with van der Waals surface area (Å²) in [7, 11) is 0. The van der Waals surface area contributed by atoms with Crippen molar-refractivity contribution in [2.24, 2.45) is 0 Å². The molecule has 0 fully saturated rings. The molecule has 2 rings (SSSR count). The summed E-state index contributed by atoms with van der Waals surface area (Å²) in [4.78, 5) is 0.380. The van der Waals surface area contributed by atoms with E-state index in [0.29, 0.717) is 11.4 Å². The Kier molecular flexibility index (Phi) is 4.21. The van der Waals surface area contributed by atoms with Gasteiger partial charge in [0.25, 0.3) is 0 Å². The zero-order valence-corrected chi connectivity index (χ0v) is 11.4. The second-order valence-electron chi connectivity index (χ2n) is 3.96. The van der Waals surface area contributed by atoms with Crippen molar-refractivity contribution in [2.75, 3.05) is 0 Å². The Labute approximate surface area is 111 Å². The van der Waals surface area contributed by atoms with E-state index >= 15 is 0 Å². The van der Waals surface area contributed by atoms with Crippen LogP contribution in [0.3, 0.4) is 0 Å². The molecule has 1 nitrogen and oxygen atoms in total. The first-order valence-electron chi connectivity index (χ1n) is 5.66. The lowest BCUT2D eigenvalue weighted by Crippen LogP contribution is -1.95. The SMILES string of the molecule is CC(Br)c1ccc(OCc2ccccc2)cc1. The molecule has 0 spiro atoms. The predicted molar refractivity (Wildman–Crippen MR) is 74.6 cm³/mol. The van der Waals surface area contributed by atoms with Crippen LogP contribution >= 0.6 is 15.9 Å². The second-order valence-corrected chi connectivity index (χ2v) is 5.33. The average molecular weight is 291 g/mol. The number of ether oxygens (including phenoxy) is 1. The molecule has 0 saturated heterocycles. The first kappa shape index (κ1) is 12.2. The fourth-order valence-corrected chi connectivity index (χ4v) is 1.88. The molecule has 0 aromatic heterocycles. The van der Waals surface area contributed by atoms with Crippen molar-refractivity contribution < 1.29 is 4.74 Å². The van der Waals surface area contributed by atoms with Crippen LogP contribution < -0.4 is 4.74 Å². The van der Waals surface area contributed by atoms with Gasteiger partial charge in [-0.05, 0) is 30.2 Å². The third-order valence-corrected chi connectivity index (χ3v) is 3.12. The van der Waals surface area contributed by atoms with E-state index in [4.69, 9.17) is 4.74 Å². The number of rotatable bonds is 4. The Hall–Kier alpha value is -1.28. The fourth-order valence-electron chi connectivity index (χ4n) is 1.57. The summed E-state index contributed by atoms with van der Waals surface area (Å²) in [6, 6.07) is 18.4. The summed E-state index contributed by atoms with van der Waals surface area (Å²) >= 11 is 3.54. The lowest BCUT2D eigenvalue weighted by Gasteiger charge is -2.08. The molecule has 1 unspecified atom stereocenters. The molecule has 0 heterocycles. The molecule has 1 atom stereocenters. The molecule has 17 heavy (non-hydrogen) atoms. The molecule has 0 aliphatic heterocycles. The zero-order valence-electron chi connectivity index (χ0n) is 9.77. The van der Waals surface area contributed by atoms with E-state index in [-0.39, 0.29) is 0 Å². The van der Waals surface area contributed by atoms with Gasteiger partial charge in [0.2, 0.25) is 0 Å². The lowest BCUT2D eigenvalue weighted by molar-refractivity contribution is 0.306. The molecule has 0 saturated carbocycles. The quantitative estimate of drug-likeness (QED) is 0.740. The summed E-state index contributed by atoms with van der Waals surface area (Å²) in [6.45, 7) is 2.73. The second kappa shape index (κ2) is 5.87. The molecule has 0 aliphatic rings. The fraction of sp³-hybridized carbons (Fsp3) is 0.200. The van der Waals surface area contributed by atoms with Crippen LogP contribution in [0.4, 0.5) is 0 Å². The van der Waals surface area contributed by atoms with E-state index in [2.05, 4.69) is 47.1 Å². The van der Waals surface area contributed by atoms with Gasteiger partial charge < -0.3 is 4.74 Å². The Morgan fingerprint density at radius 1 is 1.00 bits per heavy atom. The van der Waals surface area contributed by atoms with E-state index < -0.39 is 0 Å². The Morgan fingerprint density at radius 2 is 1.65 bits per heavy atom. The Balaban J connectivity index is 1.96. The van der Waals surface area contributed by atoms with Gasteiger partial charge in [-0.3, -0.25) is 0 Å².